The zero-order valence-corrected chi connectivity index (χ0v) is 12.4. The number of hydrogen-bond donors (Lipinski definition) is 1. The van der Waals surface area contributed by atoms with Gasteiger partial charge in [0, 0.05) is 30.1 Å². The summed E-state index contributed by atoms with van der Waals surface area (Å²) in [7, 11) is 0. The highest BCUT2D eigenvalue weighted by atomic mass is 79.9. The van der Waals surface area contributed by atoms with E-state index in [1.165, 1.54) is 5.56 Å². The van der Waals surface area contributed by atoms with Gasteiger partial charge in [-0.3, -0.25) is 4.90 Å². The summed E-state index contributed by atoms with van der Waals surface area (Å²) in [6, 6.07) is 9.28. The molecule has 17 heavy (non-hydrogen) atoms. The normalized spacial score (nSPS) is 26.4. The quantitative estimate of drug-likeness (QED) is 0.903. The van der Waals surface area contributed by atoms with Crippen LogP contribution in [0.3, 0.4) is 0 Å². The van der Waals surface area contributed by atoms with Crippen LogP contribution >= 0.6 is 15.9 Å². The monoisotopic (exact) mass is 296 g/mol. The first-order chi connectivity index (χ1) is 8.01. The first-order valence-corrected chi connectivity index (χ1v) is 7.06. The third kappa shape index (κ3) is 2.90. The molecule has 1 aromatic rings. The molecule has 0 radical (unpaired) electrons. The predicted molar refractivity (Wildman–Crippen MR) is 76.2 cm³/mol. The average molecular weight is 297 g/mol. The van der Waals surface area contributed by atoms with E-state index in [1.807, 2.05) is 0 Å². The van der Waals surface area contributed by atoms with E-state index < -0.39 is 0 Å². The second kappa shape index (κ2) is 5.09. The van der Waals surface area contributed by atoms with E-state index in [1.54, 1.807) is 0 Å². The molecule has 94 valence electrons. The van der Waals surface area contributed by atoms with E-state index in [9.17, 15) is 0 Å². The molecule has 1 aliphatic rings. The lowest BCUT2D eigenvalue weighted by molar-refractivity contribution is 0.114. The summed E-state index contributed by atoms with van der Waals surface area (Å²) in [6.07, 6.45) is 0. The first-order valence-electron chi connectivity index (χ1n) is 6.26. The number of rotatable bonds is 2. The van der Waals surface area contributed by atoms with Gasteiger partial charge >= 0.3 is 0 Å². The first kappa shape index (κ1) is 13.1. The van der Waals surface area contributed by atoms with Gasteiger partial charge < -0.3 is 5.32 Å². The molecule has 3 heteroatoms. The largest absolute Gasteiger partial charge is 0.305 e. The van der Waals surface area contributed by atoms with Crippen LogP contribution in [0.5, 0.6) is 0 Å². The molecule has 0 bridgehead atoms. The minimum absolute atomic E-state index is 0.0726. The number of nitrogens with zero attached hydrogens (tertiary/aromatic N) is 1. The van der Waals surface area contributed by atoms with E-state index in [0.717, 1.165) is 24.1 Å². The van der Waals surface area contributed by atoms with Crippen molar-refractivity contribution in [1.82, 2.24) is 10.2 Å². The molecule has 0 spiro atoms. The number of piperazine rings is 1. The van der Waals surface area contributed by atoms with Crippen molar-refractivity contribution in [2.75, 3.05) is 19.6 Å². The highest BCUT2D eigenvalue weighted by Crippen LogP contribution is 2.26. The number of hydrogen-bond acceptors (Lipinski definition) is 2. The average Bonchev–Trinajstić information content (AvgIpc) is 2.29. The van der Waals surface area contributed by atoms with Gasteiger partial charge in [0.15, 0.2) is 0 Å². The molecule has 1 unspecified atom stereocenters. The second-order valence-electron chi connectivity index (χ2n) is 5.33. The molecule has 1 aromatic carbocycles. The number of halogens is 1. The van der Waals surface area contributed by atoms with Gasteiger partial charge in [0.25, 0.3) is 0 Å². The van der Waals surface area contributed by atoms with Crippen molar-refractivity contribution < 1.29 is 0 Å². The maximum absolute atomic E-state index is 3.66. The van der Waals surface area contributed by atoms with E-state index in [0.29, 0.717) is 6.04 Å². The van der Waals surface area contributed by atoms with Gasteiger partial charge in [-0.1, -0.05) is 28.1 Å². The lowest BCUT2D eigenvalue weighted by atomic mass is 9.89. The maximum atomic E-state index is 3.66. The molecule has 1 heterocycles. The van der Waals surface area contributed by atoms with Crippen LogP contribution in [0.15, 0.2) is 28.7 Å². The van der Waals surface area contributed by atoms with Crippen molar-refractivity contribution in [2.45, 2.75) is 32.4 Å². The minimum atomic E-state index is 0.0726. The van der Waals surface area contributed by atoms with Crippen molar-refractivity contribution in [3.63, 3.8) is 0 Å². The molecule has 0 aliphatic carbocycles. The summed E-state index contributed by atoms with van der Waals surface area (Å²) in [6.45, 7) is 10.1. The van der Waals surface area contributed by atoms with E-state index >= 15 is 0 Å². The molecule has 1 N–H and O–H groups in total. The zero-order chi connectivity index (χ0) is 12.5. The Morgan fingerprint density at radius 1 is 1.29 bits per heavy atom. The molecule has 2 nitrogen and oxygen atoms in total. The topological polar surface area (TPSA) is 15.3 Å². The third-order valence-corrected chi connectivity index (χ3v) is 4.17. The number of nitrogens with one attached hydrogen (secondary N) is 1. The lowest BCUT2D eigenvalue weighted by Gasteiger charge is -2.43. The standard InChI is InChI=1S/C14H21BrN2/c1-11(2)17-9-8-16-14(3,10-17)12-4-6-13(15)7-5-12/h4-7,11,16H,8-10H2,1-3H3. The second-order valence-corrected chi connectivity index (χ2v) is 6.25. The zero-order valence-electron chi connectivity index (χ0n) is 10.8. The van der Waals surface area contributed by atoms with Gasteiger partial charge in [0.1, 0.15) is 0 Å². The van der Waals surface area contributed by atoms with Crippen molar-refractivity contribution in [2.24, 2.45) is 0 Å². The molecule has 1 saturated heterocycles. The van der Waals surface area contributed by atoms with Crippen LogP contribution in [0.1, 0.15) is 26.3 Å². The van der Waals surface area contributed by atoms with Crippen molar-refractivity contribution >= 4 is 15.9 Å². The Bertz CT molecular complexity index is 374. The maximum Gasteiger partial charge on any atom is 0.0535 e. The predicted octanol–water partition coefficient (Wildman–Crippen LogP) is 2.98. The van der Waals surface area contributed by atoms with E-state index in [-0.39, 0.29) is 5.54 Å². The summed E-state index contributed by atoms with van der Waals surface area (Å²) in [5.41, 5.74) is 1.44. The molecular weight excluding hydrogens is 276 g/mol. The van der Waals surface area contributed by atoms with Gasteiger partial charge in [-0.15, -0.1) is 0 Å². The van der Waals surface area contributed by atoms with Crippen LogP contribution in [0.25, 0.3) is 0 Å². The van der Waals surface area contributed by atoms with Crippen LogP contribution in [0, 0.1) is 0 Å². The van der Waals surface area contributed by atoms with Crippen LogP contribution in [-0.4, -0.2) is 30.6 Å². The lowest BCUT2D eigenvalue weighted by Crippen LogP contribution is -2.58. The Labute approximate surface area is 113 Å². The Hall–Kier alpha value is -0.380. The summed E-state index contributed by atoms with van der Waals surface area (Å²) in [4.78, 5) is 2.54. The van der Waals surface area contributed by atoms with Crippen LogP contribution in [-0.2, 0) is 5.54 Å². The Balaban J connectivity index is 2.20. The molecule has 1 aliphatic heterocycles. The summed E-state index contributed by atoms with van der Waals surface area (Å²) < 4.78 is 1.14. The summed E-state index contributed by atoms with van der Waals surface area (Å²) >= 11 is 3.49. The van der Waals surface area contributed by atoms with Crippen molar-refractivity contribution in [1.29, 1.82) is 0 Å². The highest BCUT2D eigenvalue weighted by Gasteiger charge is 2.32. The van der Waals surface area contributed by atoms with E-state index in [4.69, 9.17) is 0 Å². The molecule has 2 rings (SSSR count). The van der Waals surface area contributed by atoms with Crippen molar-refractivity contribution in [3.05, 3.63) is 34.3 Å². The van der Waals surface area contributed by atoms with Crippen LogP contribution in [0.2, 0.25) is 0 Å². The SMILES string of the molecule is CC(C)N1CCNC(C)(c2ccc(Br)cc2)C1. The summed E-state index contributed by atoms with van der Waals surface area (Å²) in [5, 5.41) is 3.66. The fourth-order valence-electron chi connectivity index (χ4n) is 2.47. The van der Waals surface area contributed by atoms with Crippen molar-refractivity contribution in [3.8, 4) is 0 Å². The van der Waals surface area contributed by atoms with Crippen LogP contribution in [0.4, 0.5) is 0 Å². The fourth-order valence-corrected chi connectivity index (χ4v) is 2.73. The van der Waals surface area contributed by atoms with Gasteiger partial charge in [-0.2, -0.15) is 0 Å². The smallest absolute Gasteiger partial charge is 0.0535 e. The van der Waals surface area contributed by atoms with E-state index in [2.05, 4.69) is 71.2 Å². The molecule has 1 atom stereocenters. The fraction of sp³-hybridized carbons (Fsp3) is 0.571. The molecule has 0 amide bonds. The molecule has 1 fully saturated rings. The number of benzene rings is 1. The van der Waals surface area contributed by atoms with Gasteiger partial charge in [-0.05, 0) is 38.5 Å². The molecular formula is C14H21BrN2. The Kier molecular flexibility index (Phi) is 3.91. The molecule has 0 aromatic heterocycles. The minimum Gasteiger partial charge on any atom is -0.305 e. The Morgan fingerprint density at radius 3 is 2.53 bits per heavy atom. The van der Waals surface area contributed by atoms with Gasteiger partial charge in [0.05, 0.1) is 5.54 Å². The highest BCUT2D eigenvalue weighted by molar-refractivity contribution is 9.10. The summed E-state index contributed by atoms with van der Waals surface area (Å²) in [5.74, 6) is 0. The van der Waals surface area contributed by atoms with Gasteiger partial charge in [-0.25, -0.2) is 0 Å². The van der Waals surface area contributed by atoms with Gasteiger partial charge in [0.2, 0.25) is 0 Å². The van der Waals surface area contributed by atoms with Crippen LogP contribution < -0.4 is 5.32 Å². The Morgan fingerprint density at radius 2 is 1.94 bits per heavy atom. The third-order valence-electron chi connectivity index (χ3n) is 3.65. The molecule has 0 saturated carbocycles.